The Morgan fingerprint density at radius 2 is 2.00 bits per heavy atom. The summed E-state index contributed by atoms with van der Waals surface area (Å²) in [5.74, 6) is 1.20. The Hall–Kier alpha value is -2.56. The second-order valence-electron chi connectivity index (χ2n) is 7.10. The summed E-state index contributed by atoms with van der Waals surface area (Å²) < 4.78 is 5.16. The van der Waals surface area contributed by atoms with Gasteiger partial charge in [0.2, 0.25) is 0 Å². The lowest BCUT2D eigenvalue weighted by Gasteiger charge is -2.40. The molecule has 2 amide bonds. The van der Waals surface area contributed by atoms with Gasteiger partial charge < -0.3 is 14.5 Å². The molecule has 1 aliphatic rings. The lowest BCUT2D eigenvalue weighted by molar-refractivity contribution is -0.130. The third-order valence-electron chi connectivity index (χ3n) is 4.87. The van der Waals surface area contributed by atoms with Crippen LogP contribution in [0.25, 0.3) is 0 Å². The van der Waals surface area contributed by atoms with Gasteiger partial charge in [-0.05, 0) is 38.1 Å². The second kappa shape index (κ2) is 11.3. The van der Waals surface area contributed by atoms with Crippen molar-refractivity contribution < 1.29 is 19.2 Å². The number of nitrogens with zero attached hydrogens (tertiary/aromatic N) is 4. The van der Waals surface area contributed by atoms with Gasteiger partial charge in [-0.2, -0.15) is 0 Å². The summed E-state index contributed by atoms with van der Waals surface area (Å²) in [4.78, 5) is 42.2. The predicted molar refractivity (Wildman–Crippen MR) is 123 cm³/mol. The van der Waals surface area contributed by atoms with Crippen molar-refractivity contribution in [2.24, 2.45) is 0 Å². The highest BCUT2D eigenvalue weighted by atomic mass is 35.5. The van der Waals surface area contributed by atoms with Crippen LogP contribution in [0.15, 0.2) is 35.5 Å². The molecule has 1 aliphatic heterocycles. The lowest BCUT2D eigenvalue weighted by atomic mass is 10.1. The van der Waals surface area contributed by atoms with Crippen molar-refractivity contribution >= 4 is 41.0 Å². The van der Waals surface area contributed by atoms with Gasteiger partial charge in [0.15, 0.2) is 5.16 Å². The zero-order chi connectivity index (χ0) is 23.1. The summed E-state index contributed by atoms with van der Waals surface area (Å²) >= 11 is 7.37. The molecule has 0 radical (unpaired) electrons. The average Bonchev–Trinajstić information content (AvgIpc) is 2.80. The van der Waals surface area contributed by atoms with Crippen molar-refractivity contribution in [2.45, 2.75) is 25.0 Å². The number of hydrogen-bond acceptors (Lipinski definition) is 8. The average molecular weight is 480 g/mol. The summed E-state index contributed by atoms with van der Waals surface area (Å²) in [5, 5.41) is 0.704. The van der Waals surface area contributed by atoms with E-state index in [9.17, 15) is 9.59 Å². The molecule has 0 bridgehead atoms. The second-order valence-corrected chi connectivity index (χ2v) is 8.43. The molecule has 1 atom stereocenters. The number of carbonyl (C=O) groups is 2. The lowest BCUT2D eigenvalue weighted by Crippen LogP contribution is -2.54. The van der Waals surface area contributed by atoms with E-state index in [0.717, 1.165) is 0 Å². The number of piperazine rings is 1. The van der Waals surface area contributed by atoms with E-state index in [1.807, 2.05) is 11.8 Å². The Morgan fingerprint density at radius 1 is 1.25 bits per heavy atom. The number of benzene rings is 1. The van der Waals surface area contributed by atoms with Crippen molar-refractivity contribution in [3.05, 3.63) is 41.0 Å². The standard InChI is InChI=1S/C21H26ClN5O4S/c1-4-31-25-19(28)13-32-21-23-17(22)11-18(24-21)26-9-10-27(14(2)12-26)20(29)15-5-7-16(30-3)8-6-15/h5-8,11,14H,4,9-10,12-13H2,1-3H3,(H,25,28). The number of thioether (sulfide) groups is 1. The maximum Gasteiger partial charge on any atom is 0.254 e. The first-order chi connectivity index (χ1) is 15.4. The fourth-order valence-corrected chi connectivity index (χ4v) is 4.16. The zero-order valence-corrected chi connectivity index (χ0v) is 19.8. The van der Waals surface area contributed by atoms with Gasteiger partial charge in [0.05, 0.1) is 19.5 Å². The molecule has 3 rings (SSSR count). The quantitative estimate of drug-likeness (QED) is 0.267. The van der Waals surface area contributed by atoms with Crippen LogP contribution in [0.5, 0.6) is 5.75 Å². The molecule has 9 nitrogen and oxygen atoms in total. The Labute approximate surface area is 196 Å². The number of rotatable bonds is 8. The molecule has 11 heteroatoms. The first kappa shape index (κ1) is 24.1. The molecule has 1 aromatic carbocycles. The maximum atomic E-state index is 13.0. The van der Waals surface area contributed by atoms with E-state index in [4.69, 9.17) is 21.2 Å². The van der Waals surface area contributed by atoms with Gasteiger partial charge in [0.1, 0.15) is 16.7 Å². The third-order valence-corrected chi connectivity index (χ3v) is 5.91. The predicted octanol–water partition coefficient (Wildman–Crippen LogP) is 2.65. The molecule has 1 aromatic heterocycles. The summed E-state index contributed by atoms with van der Waals surface area (Å²) in [5.41, 5.74) is 2.96. The van der Waals surface area contributed by atoms with Crippen LogP contribution in [0.3, 0.4) is 0 Å². The fourth-order valence-electron chi connectivity index (χ4n) is 3.29. The molecule has 2 heterocycles. The van der Waals surface area contributed by atoms with Crippen LogP contribution in [-0.4, -0.2) is 71.8 Å². The number of halogens is 1. The normalized spacial score (nSPS) is 16.1. The summed E-state index contributed by atoms with van der Waals surface area (Å²) in [6.07, 6.45) is 0. The topological polar surface area (TPSA) is 96.9 Å². The van der Waals surface area contributed by atoms with Crippen molar-refractivity contribution in [3.63, 3.8) is 0 Å². The van der Waals surface area contributed by atoms with Crippen LogP contribution < -0.4 is 15.1 Å². The molecule has 0 aliphatic carbocycles. The van der Waals surface area contributed by atoms with E-state index in [1.165, 1.54) is 11.8 Å². The third kappa shape index (κ3) is 6.24. The summed E-state index contributed by atoms with van der Waals surface area (Å²) in [6, 6.07) is 8.78. The molecule has 2 aromatic rings. The minimum atomic E-state index is -0.277. The Balaban J connectivity index is 1.63. The van der Waals surface area contributed by atoms with Gasteiger partial charge in [-0.25, -0.2) is 15.4 Å². The van der Waals surface area contributed by atoms with Crippen molar-refractivity contribution in [1.29, 1.82) is 0 Å². The molecule has 1 unspecified atom stereocenters. The molecule has 172 valence electrons. The van der Waals surface area contributed by atoms with Gasteiger partial charge in [0.25, 0.3) is 11.8 Å². The van der Waals surface area contributed by atoms with E-state index >= 15 is 0 Å². The Bertz CT molecular complexity index is 946. The molecule has 0 spiro atoms. The SMILES string of the molecule is CCONC(=O)CSc1nc(Cl)cc(N2CCN(C(=O)c3ccc(OC)cc3)C(C)C2)n1. The molecule has 1 N–H and O–H groups in total. The van der Waals surface area contributed by atoms with Crippen LogP contribution >= 0.6 is 23.4 Å². The molecular weight excluding hydrogens is 454 g/mol. The highest BCUT2D eigenvalue weighted by Crippen LogP contribution is 2.25. The molecule has 1 saturated heterocycles. The highest BCUT2D eigenvalue weighted by molar-refractivity contribution is 7.99. The van der Waals surface area contributed by atoms with Crippen LogP contribution in [0.1, 0.15) is 24.2 Å². The van der Waals surface area contributed by atoms with E-state index < -0.39 is 0 Å². The Kier molecular flexibility index (Phi) is 8.54. The number of nitrogens with one attached hydrogen (secondary N) is 1. The Morgan fingerprint density at radius 3 is 2.66 bits per heavy atom. The van der Waals surface area contributed by atoms with Crippen LogP contribution in [0, 0.1) is 0 Å². The summed E-state index contributed by atoms with van der Waals surface area (Å²) in [6.45, 7) is 5.93. The van der Waals surface area contributed by atoms with Crippen molar-refractivity contribution in [1.82, 2.24) is 20.3 Å². The van der Waals surface area contributed by atoms with Gasteiger partial charge in [-0.1, -0.05) is 23.4 Å². The minimum Gasteiger partial charge on any atom is -0.497 e. The van der Waals surface area contributed by atoms with E-state index in [2.05, 4.69) is 20.3 Å². The molecular formula is C21H26ClN5O4S. The first-order valence-electron chi connectivity index (χ1n) is 10.2. The minimum absolute atomic E-state index is 0.0166. The van der Waals surface area contributed by atoms with Crippen molar-refractivity contribution in [2.75, 3.05) is 44.0 Å². The number of amides is 2. The number of hydrogen-bond donors (Lipinski definition) is 1. The smallest absolute Gasteiger partial charge is 0.254 e. The van der Waals surface area contributed by atoms with Gasteiger partial charge in [0, 0.05) is 37.3 Å². The van der Waals surface area contributed by atoms with Gasteiger partial charge in [-0.15, -0.1) is 0 Å². The largest absolute Gasteiger partial charge is 0.497 e. The van der Waals surface area contributed by atoms with Crippen LogP contribution in [0.2, 0.25) is 5.15 Å². The number of anilines is 1. The molecule has 0 saturated carbocycles. The van der Waals surface area contributed by atoms with Crippen molar-refractivity contribution in [3.8, 4) is 5.75 Å². The maximum absolute atomic E-state index is 13.0. The van der Waals surface area contributed by atoms with E-state index in [-0.39, 0.29) is 23.6 Å². The van der Waals surface area contributed by atoms with Gasteiger partial charge in [-0.3, -0.25) is 14.4 Å². The molecule has 32 heavy (non-hydrogen) atoms. The number of hydroxylamine groups is 1. The van der Waals surface area contributed by atoms with E-state index in [1.54, 1.807) is 44.4 Å². The number of carbonyl (C=O) groups excluding carboxylic acids is 2. The highest BCUT2D eigenvalue weighted by Gasteiger charge is 2.29. The zero-order valence-electron chi connectivity index (χ0n) is 18.2. The van der Waals surface area contributed by atoms with Crippen LogP contribution in [0.4, 0.5) is 5.82 Å². The number of methoxy groups -OCH3 is 1. The van der Waals surface area contributed by atoms with Crippen LogP contribution in [-0.2, 0) is 9.63 Å². The first-order valence-corrected chi connectivity index (χ1v) is 11.6. The number of ether oxygens (including phenoxy) is 1. The monoisotopic (exact) mass is 479 g/mol. The number of aromatic nitrogens is 2. The fraction of sp³-hybridized carbons (Fsp3) is 0.429. The van der Waals surface area contributed by atoms with Gasteiger partial charge >= 0.3 is 0 Å². The van der Waals surface area contributed by atoms with E-state index in [0.29, 0.717) is 53.7 Å². The molecule has 1 fully saturated rings. The summed E-state index contributed by atoms with van der Waals surface area (Å²) in [7, 11) is 1.59.